The smallest absolute Gasteiger partial charge is 0.392 e. The fraction of sp³-hybridized carbons (Fsp3) is 0.182. The maximum atomic E-state index is 12.4. The number of hydrogen-bond donors (Lipinski definition) is 1. The second kappa shape index (κ2) is 4.46. The first-order chi connectivity index (χ1) is 8.00. The molecule has 0 aliphatic carbocycles. The number of benzene rings is 1. The van der Waals surface area contributed by atoms with Crippen LogP contribution in [0.4, 0.5) is 13.2 Å². The molecule has 2 nitrogen and oxygen atoms in total. The Bertz CT molecular complexity index is 504. The molecule has 0 aliphatic heterocycles. The summed E-state index contributed by atoms with van der Waals surface area (Å²) in [6, 6.07) is 6.59. The van der Waals surface area contributed by atoms with Gasteiger partial charge < -0.3 is 5.11 Å². The lowest BCUT2D eigenvalue weighted by Crippen LogP contribution is -2.03. The van der Waals surface area contributed by atoms with E-state index in [2.05, 4.69) is 4.98 Å². The van der Waals surface area contributed by atoms with Gasteiger partial charge in [0.2, 0.25) is 0 Å². The molecule has 0 atom stereocenters. The highest BCUT2D eigenvalue weighted by Gasteiger charge is 2.34. The van der Waals surface area contributed by atoms with Gasteiger partial charge in [0.1, 0.15) is 0 Å². The van der Waals surface area contributed by atoms with E-state index >= 15 is 0 Å². The number of aromatic nitrogens is 1. The van der Waals surface area contributed by atoms with Crippen LogP contribution in [-0.2, 0) is 12.8 Å². The molecule has 0 saturated heterocycles. The number of rotatable bonds is 2. The average Bonchev–Trinajstić information content (AvgIpc) is 2.78. The number of hydrogen-bond acceptors (Lipinski definition) is 3. The van der Waals surface area contributed by atoms with Crippen LogP contribution in [0.2, 0.25) is 0 Å². The monoisotopic (exact) mass is 259 g/mol. The minimum absolute atomic E-state index is 0.0921. The summed E-state index contributed by atoms with van der Waals surface area (Å²) in [4.78, 5) is 3.54. The summed E-state index contributed by atoms with van der Waals surface area (Å²) in [6.07, 6.45) is -4.39. The third-order valence-electron chi connectivity index (χ3n) is 2.18. The molecule has 1 aromatic heterocycles. The van der Waals surface area contributed by atoms with Crippen molar-refractivity contribution in [1.82, 2.24) is 4.98 Å². The third kappa shape index (κ3) is 2.65. The lowest BCUT2D eigenvalue weighted by Gasteiger charge is -2.00. The van der Waals surface area contributed by atoms with E-state index in [9.17, 15) is 13.2 Å². The zero-order chi connectivity index (χ0) is 12.5. The van der Waals surface area contributed by atoms with Gasteiger partial charge in [-0.25, -0.2) is 4.98 Å². The van der Waals surface area contributed by atoms with Crippen LogP contribution in [0, 0.1) is 0 Å². The van der Waals surface area contributed by atoms with Crippen molar-refractivity contribution in [2.24, 2.45) is 0 Å². The zero-order valence-electron chi connectivity index (χ0n) is 8.53. The first-order valence-electron chi connectivity index (χ1n) is 4.73. The molecular weight excluding hydrogens is 251 g/mol. The number of thiazole rings is 1. The van der Waals surface area contributed by atoms with Gasteiger partial charge in [0.15, 0.2) is 5.01 Å². The van der Waals surface area contributed by atoms with Crippen molar-refractivity contribution in [3.8, 4) is 11.3 Å². The van der Waals surface area contributed by atoms with Gasteiger partial charge in [-0.2, -0.15) is 13.2 Å². The molecule has 0 saturated carbocycles. The van der Waals surface area contributed by atoms with Crippen molar-refractivity contribution >= 4 is 11.3 Å². The number of aliphatic hydroxyl groups excluding tert-OH is 1. The molecule has 6 heteroatoms. The van der Waals surface area contributed by atoms with Crippen LogP contribution in [0.25, 0.3) is 11.3 Å². The van der Waals surface area contributed by atoms with Gasteiger partial charge >= 0.3 is 6.18 Å². The summed E-state index contributed by atoms with van der Waals surface area (Å²) in [7, 11) is 0. The molecule has 1 heterocycles. The molecule has 0 fully saturated rings. The normalized spacial score (nSPS) is 11.8. The Morgan fingerprint density at radius 2 is 1.82 bits per heavy atom. The van der Waals surface area contributed by atoms with Gasteiger partial charge in [-0.05, 0) is 5.56 Å². The van der Waals surface area contributed by atoms with E-state index in [0.29, 0.717) is 28.2 Å². The molecule has 0 amide bonds. The average molecular weight is 259 g/mol. The number of halogens is 3. The minimum atomic E-state index is -4.39. The second-order valence-corrected chi connectivity index (χ2v) is 4.25. The predicted molar refractivity (Wildman–Crippen MR) is 58.5 cm³/mol. The predicted octanol–water partition coefficient (Wildman–Crippen LogP) is 3.32. The summed E-state index contributed by atoms with van der Waals surface area (Å²) in [5, 5.41) is 9.37. The van der Waals surface area contributed by atoms with Crippen molar-refractivity contribution in [3.63, 3.8) is 0 Å². The molecular formula is C11H8F3NOS. The quantitative estimate of drug-likeness (QED) is 0.897. The molecule has 1 N–H and O–H groups in total. The van der Waals surface area contributed by atoms with E-state index in [0.717, 1.165) is 0 Å². The minimum Gasteiger partial charge on any atom is -0.392 e. The van der Waals surface area contributed by atoms with E-state index in [1.54, 1.807) is 24.3 Å². The molecule has 0 radical (unpaired) electrons. The van der Waals surface area contributed by atoms with Gasteiger partial charge in [0, 0.05) is 10.9 Å². The Morgan fingerprint density at radius 1 is 1.18 bits per heavy atom. The molecule has 0 aliphatic rings. The molecule has 17 heavy (non-hydrogen) atoms. The summed E-state index contributed by atoms with van der Waals surface area (Å²) in [5.74, 6) is 0. The first-order valence-corrected chi connectivity index (χ1v) is 5.61. The first kappa shape index (κ1) is 12.1. The standard InChI is InChI=1S/C11H8F3NOS/c12-11(13,14)10-15-9(6-17-10)8-3-1-7(5-16)2-4-8/h1-4,6,16H,5H2. The van der Waals surface area contributed by atoms with Crippen LogP contribution in [0.1, 0.15) is 10.6 Å². The highest BCUT2D eigenvalue weighted by molar-refractivity contribution is 7.10. The van der Waals surface area contributed by atoms with Gasteiger partial charge in [0.05, 0.1) is 12.3 Å². The summed E-state index contributed by atoms with van der Waals surface area (Å²) < 4.78 is 37.1. The van der Waals surface area contributed by atoms with E-state index in [-0.39, 0.29) is 6.61 Å². The van der Waals surface area contributed by atoms with Crippen LogP contribution in [-0.4, -0.2) is 10.1 Å². The fourth-order valence-corrected chi connectivity index (χ4v) is 2.01. The van der Waals surface area contributed by atoms with Crippen LogP contribution < -0.4 is 0 Å². The van der Waals surface area contributed by atoms with Crippen LogP contribution in [0.15, 0.2) is 29.6 Å². The SMILES string of the molecule is OCc1ccc(-c2csc(C(F)(F)F)n2)cc1. The molecule has 90 valence electrons. The number of nitrogens with zero attached hydrogens (tertiary/aromatic N) is 1. The van der Waals surface area contributed by atoms with E-state index in [1.807, 2.05) is 0 Å². The van der Waals surface area contributed by atoms with E-state index < -0.39 is 11.2 Å². The van der Waals surface area contributed by atoms with Gasteiger partial charge in [0.25, 0.3) is 0 Å². The van der Waals surface area contributed by atoms with Crippen molar-refractivity contribution in [1.29, 1.82) is 0 Å². The molecule has 0 bridgehead atoms. The third-order valence-corrected chi connectivity index (χ3v) is 3.07. The largest absolute Gasteiger partial charge is 0.443 e. The van der Waals surface area contributed by atoms with Crippen LogP contribution in [0.5, 0.6) is 0 Å². The summed E-state index contributed by atoms with van der Waals surface area (Å²) in [5.41, 5.74) is 1.61. The molecule has 0 unspecified atom stereocenters. The Hall–Kier alpha value is -1.40. The van der Waals surface area contributed by atoms with Crippen molar-refractivity contribution in [2.45, 2.75) is 12.8 Å². The van der Waals surface area contributed by atoms with E-state index in [4.69, 9.17) is 5.11 Å². The fourth-order valence-electron chi connectivity index (χ4n) is 1.32. The maximum Gasteiger partial charge on any atom is 0.443 e. The Kier molecular flexibility index (Phi) is 3.17. The summed E-state index contributed by atoms with van der Waals surface area (Å²) >= 11 is 0.576. The van der Waals surface area contributed by atoms with Crippen molar-refractivity contribution < 1.29 is 18.3 Å². The molecule has 1 aromatic carbocycles. The Balaban J connectivity index is 2.30. The summed E-state index contributed by atoms with van der Waals surface area (Å²) in [6.45, 7) is -0.0921. The maximum absolute atomic E-state index is 12.4. The van der Waals surface area contributed by atoms with Crippen LogP contribution >= 0.6 is 11.3 Å². The second-order valence-electron chi connectivity index (χ2n) is 3.39. The molecule has 0 spiro atoms. The van der Waals surface area contributed by atoms with Crippen LogP contribution in [0.3, 0.4) is 0 Å². The van der Waals surface area contributed by atoms with Gasteiger partial charge in [-0.3, -0.25) is 0 Å². The highest BCUT2D eigenvalue weighted by atomic mass is 32.1. The number of aliphatic hydroxyl groups is 1. The lowest BCUT2D eigenvalue weighted by atomic mass is 10.1. The Morgan fingerprint density at radius 3 is 2.29 bits per heavy atom. The zero-order valence-corrected chi connectivity index (χ0v) is 9.35. The topological polar surface area (TPSA) is 33.1 Å². The van der Waals surface area contributed by atoms with Crippen molar-refractivity contribution in [2.75, 3.05) is 0 Å². The molecule has 2 aromatic rings. The van der Waals surface area contributed by atoms with Gasteiger partial charge in [-0.1, -0.05) is 24.3 Å². The lowest BCUT2D eigenvalue weighted by molar-refractivity contribution is -0.137. The molecule has 2 rings (SSSR count). The van der Waals surface area contributed by atoms with Crippen molar-refractivity contribution in [3.05, 3.63) is 40.2 Å². The number of alkyl halides is 3. The Labute approximate surface area is 99.4 Å². The van der Waals surface area contributed by atoms with Gasteiger partial charge in [-0.15, -0.1) is 11.3 Å². The van der Waals surface area contributed by atoms with E-state index in [1.165, 1.54) is 5.38 Å². The highest BCUT2D eigenvalue weighted by Crippen LogP contribution is 2.34.